The lowest BCUT2D eigenvalue weighted by Crippen LogP contribution is -2.35. The van der Waals surface area contributed by atoms with E-state index in [0.29, 0.717) is 0 Å². The fourth-order valence-corrected chi connectivity index (χ4v) is 4.41. The first-order valence-corrected chi connectivity index (χ1v) is 8.90. The van der Waals surface area contributed by atoms with E-state index in [-0.39, 0.29) is 10.6 Å². The van der Waals surface area contributed by atoms with Gasteiger partial charge in [-0.15, -0.1) is 0 Å². The Kier molecular flexibility index (Phi) is 3.55. The van der Waals surface area contributed by atoms with Crippen LogP contribution in [0.1, 0.15) is 11.1 Å². The minimum atomic E-state index is -3.70. The summed E-state index contributed by atoms with van der Waals surface area (Å²) in [6.07, 6.45) is 1.36. The van der Waals surface area contributed by atoms with Crippen LogP contribution in [0.4, 0.5) is 0 Å². The molecule has 0 aliphatic carbocycles. The standard InChI is InChI=1S/C12H15NO4S2/c1-9-3-4-12(7-10(9)2)19(16,17)13-11-5-6-18(14,15)8-11/h3-7,11,13H,8H2,1-2H3/t11-/m0/s1. The molecular formula is C12H15NO4S2. The zero-order valence-electron chi connectivity index (χ0n) is 10.6. The molecule has 0 spiro atoms. The van der Waals surface area contributed by atoms with Crippen molar-refractivity contribution < 1.29 is 16.8 Å². The van der Waals surface area contributed by atoms with Gasteiger partial charge in [0.1, 0.15) is 0 Å². The molecule has 1 aliphatic heterocycles. The van der Waals surface area contributed by atoms with E-state index in [0.717, 1.165) is 16.5 Å². The zero-order valence-corrected chi connectivity index (χ0v) is 12.3. The van der Waals surface area contributed by atoms with Crippen molar-refractivity contribution in [2.24, 2.45) is 0 Å². The molecule has 1 aliphatic rings. The van der Waals surface area contributed by atoms with E-state index in [2.05, 4.69) is 4.72 Å². The molecule has 2 rings (SSSR count). The summed E-state index contributed by atoms with van der Waals surface area (Å²) in [4.78, 5) is 0.147. The van der Waals surface area contributed by atoms with Gasteiger partial charge in [0.15, 0.2) is 9.84 Å². The van der Waals surface area contributed by atoms with Gasteiger partial charge in [0.05, 0.1) is 16.7 Å². The first-order valence-electron chi connectivity index (χ1n) is 5.70. The zero-order chi connectivity index (χ0) is 14.3. The lowest BCUT2D eigenvalue weighted by atomic mass is 10.1. The van der Waals surface area contributed by atoms with Crippen molar-refractivity contribution in [2.75, 3.05) is 5.75 Å². The van der Waals surface area contributed by atoms with Crippen LogP contribution in [0.5, 0.6) is 0 Å². The van der Waals surface area contributed by atoms with Gasteiger partial charge in [-0.05, 0) is 37.1 Å². The third kappa shape index (κ3) is 3.23. The Morgan fingerprint density at radius 3 is 2.42 bits per heavy atom. The van der Waals surface area contributed by atoms with Gasteiger partial charge in [-0.25, -0.2) is 21.6 Å². The molecule has 0 fully saturated rings. The largest absolute Gasteiger partial charge is 0.241 e. The molecule has 104 valence electrons. The van der Waals surface area contributed by atoms with E-state index in [1.54, 1.807) is 12.1 Å². The van der Waals surface area contributed by atoms with Gasteiger partial charge < -0.3 is 0 Å². The van der Waals surface area contributed by atoms with Crippen molar-refractivity contribution in [1.29, 1.82) is 0 Å². The number of hydrogen-bond donors (Lipinski definition) is 1. The Bertz CT molecular complexity index is 733. The maximum absolute atomic E-state index is 12.1. The van der Waals surface area contributed by atoms with Crippen LogP contribution in [-0.4, -0.2) is 28.6 Å². The molecule has 0 amide bonds. The van der Waals surface area contributed by atoms with Crippen LogP contribution >= 0.6 is 0 Å². The molecule has 7 heteroatoms. The lowest BCUT2D eigenvalue weighted by Gasteiger charge is -2.12. The van der Waals surface area contributed by atoms with Gasteiger partial charge >= 0.3 is 0 Å². The Labute approximate surface area is 113 Å². The summed E-state index contributed by atoms with van der Waals surface area (Å²) < 4.78 is 49.1. The second-order valence-corrected chi connectivity index (χ2v) is 8.28. The average Bonchev–Trinajstić information content (AvgIpc) is 2.61. The normalized spacial score (nSPS) is 21.7. The highest BCUT2D eigenvalue weighted by molar-refractivity contribution is 7.94. The molecule has 0 saturated carbocycles. The Morgan fingerprint density at radius 2 is 1.89 bits per heavy atom. The quantitative estimate of drug-likeness (QED) is 0.899. The first-order chi connectivity index (χ1) is 8.70. The van der Waals surface area contributed by atoms with Crippen LogP contribution < -0.4 is 4.72 Å². The number of aryl methyl sites for hydroxylation is 2. The van der Waals surface area contributed by atoms with Gasteiger partial charge in [0.25, 0.3) is 0 Å². The summed E-state index contributed by atoms with van der Waals surface area (Å²) in [7, 11) is -6.97. The molecule has 5 nitrogen and oxygen atoms in total. The molecule has 1 aromatic rings. The predicted molar refractivity (Wildman–Crippen MR) is 73.0 cm³/mol. The van der Waals surface area contributed by atoms with Gasteiger partial charge in [-0.2, -0.15) is 0 Å². The molecule has 0 unspecified atom stereocenters. The molecule has 0 aromatic heterocycles. The van der Waals surface area contributed by atoms with Gasteiger partial charge in [-0.1, -0.05) is 12.1 Å². The Balaban J connectivity index is 2.24. The average molecular weight is 301 g/mol. The molecule has 19 heavy (non-hydrogen) atoms. The second kappa shape index (κ2) is 4.73. The van der Waals surface area contributed by atoms with Crippen LogP contribution in [0, 0.1) is 13.8 Å². The third-order valence-electron chi connectivity index (χ3n) is 3.03. The minimum absolute atomic E-state index is 0.147. The van der Waals surface area contributed by atoms with Crippen LogP contribution in [0.3, 0.4) is 0 Å². The van der Waals surface area contributed by atoms with Crippen molar-refractivity contribution in [3.63, 3.8) is 0 Å². The lowest BCUT2D eigenvalue weighted by molar-refractivity contribution is 0.574. The predicted octanol–water partition coefficient (Wildman–Crippen LogP) is 0.892. The fourth-order valence-electron chi connectivity index (χ4n) is 1.80. The fraction of sp³-hybridized carbons (Fsp3) is 0.333. The van der Waals surface area contributed by atoms with Gasteiger partial charge in [0.2, 0.25) is 10.0 Å². The van der Waals surface area contributed by atoms with E-state index in [4.69, 9.17) is 0 Å². The Hall–Kier alpha value is -1.18. The van der Waals surface area contributed by atoms with Crippen molar-refractivity contribution in [3.8, 4) is 0 Å². The highest BCUT2D eigenvalue weighted by Crippen LogP contribution is 2.16. The van der Waals surface area contributed by atoms with Crippen LogP contribution in [-0.2, 0) is 19.9 Å². The van der Waals surface area contributed by atoms with E-state index in [1.165, 1.54) is 12.1 Å². The van der Waals surface area contributed by atoms with Crippen LogP contribution in [0.25, 0.3) is 0 Å². The van der Waals surface area contributed by atoms with E-state index in [1.807, 2.05) is 13.8 Å². The Morgan fingerprint density at radius 1 is 1.21 bits per heavy atom. The number of nitrogens with one attached hydrogen (secondary N) is 1. The maximum atomic E-state index is 12.1. The summed E-state index contributed by atoms with van der Waals surface area (Å²) in [5, 5.41) is 1.04. The summed E-state index contributed by atoms with van der Waals surface area (Å²) in [5.41, 5.74) is 1.87. The van der Waals surface area contributed by atoms with Gasteiger partial charge in [-0.3, -0.25) is 0 Å². The molecule has 0 radical (unpaired) electrons. The SMILES string of the molecule is Cc1ccc(S(=O)(=O)N[C@H]2C=CS(=O)(=O)C2)cc1C. The third-order valence-corrected chi connectivity index (χ3v) is 5.91. The monoisotopic (exact) mass is 301 g/mol. The van der Waals surface area contributed by atoms with Crippen LogP contribution in [0.15, 0.2) is 34.6 Å². The molecule has 1 atom stereocenters. The number of sulfonamides is 1. The molecular weight excluding hydrogens is 286 g/mol. The number of sulfone groups is 1. The van der Waals surface area contributed by atoms with Crippen molar-refractivity contribution >= 4 is 19.9 Å². The summed E-state index contributed by atoms with van der Waals surface area (Å²) in [6.45, 7) is 3.72. The summed E-state index contributed by atoms with van der Waals surface area (Å²) in [5.74, 6) is -0.225. The minimum Gasteiger partial charge on any atom is -0.224 e. The highest BCUT2D eigenvalue weighted by atomic mass is 32.2. The molecule has 0 saturated heterocycles. The molecule has 1 heterocycles. The first kappa shape index (κ1) is 14.2. The number of benzene rings is 1. The van der Waals surface area contributed by atoms with Crippen molar-refractivity contribution in [3.05, 3.63) is 40.8 Å². The molecule has 1 N–H and O–H groups in total. The highest BCUT2D eigenvalue weighted by Gasteiger charge is 2.26. The van der Waals surface area contributed by atoms with E-state index in [9.17, 15) is 16.8 Å². The summed E-state index contributed by atoms with van der Waals surface area (Å²) in [6, 6.07) is 4.12. The van der Waals surface area contributed by atoms with Crippen LogP contribution in [0.2, 0.25) is 0 Å². The summed E-state index contributed by atoms with van der Waals surface area (Å²) >= 11 is 0. The molecule has 0 bridgehead atoms. The van der Waals surface area contributed by atoms with Gasteiger partial charge in [0, 0.05) is 5.41 Å². The van der Waals surface area contributed by atoms with Crippen molar-refractivity contribution in [1.82, 2.24) is 4.72 Å². The van der Waals surface area contributed by atoms with E-state index < -0.39 is 25.9 Å². The van der Waals surface area contributed by atoms with E-state index >= 15 is 0 Å². The topological polar surface area (TPSA) is 80.3 Å². The number of rotatable bonds is 3. The number of hydrogen-bond acceptors (Lipinski definition) is 4. The maximum Gasteiger partial charge on any atom is 0.241 e. The second-order valence-electron chi connectivity index (χ2n) is 4.63. The molecule has 1 aromatic carbocycles. The smallest absolute Gasteiger partial charge is 0.224 e. The van der Waals surface area contributed by atoms with Crippen molar-refractivity contribution in [2.45, 2.75) is 24.8 Å².